The number of hydrogen-bond donors (Lipinski definition) is 2. The lowest BCUT2D eigenvalue weighted by Crippen LogP contribution is -2.28. The van der Waals surface area contributed by atoms with Crippen LogP contribution in [0.2, 0.25) is 0 Å². The number of aliphatic carboxylic acids is 2. The molecule has 1 fully saturated rings. The first-order chi connectivity index (χ1) is 19.9. The van der Waals surface area contributed by atoms with Crippen LogP contribution in [0.4, 0.5) is 0 Å². The molecule has 4 aromatic heterocycles. The zero-order valence-electron chi connectivity index (χ0n) is 23.5. The Balaban J connectivity index is 0.000000426. The van der Waals surface area contributed by atoms with E-state index in [2.05, 4.69) is 36.1 Å². The lowest BCUT2D eigenvalue weighted by atomic mass is 10.1. The van der Waals surface area contributed by atoms with Gasteiger partial charge in [0.15, 0.2) is 0 Å². The predicted molar refractivity (Wildman–Crippen MR) is 156 cm³/mol. The van der Waals surface area contributed by atoms with Crippen molar-refractivity contribution >= 4 is 23.0 Å². The fourth-order valence-electron chi connectivity index (χ4n) is 4.73. The minimum atomic E-state index is -1.26. The van der Waals surface area contributed by atoms with Crippen molar-refractivity contribution < 1.29 is 24.5 Å². The summed E-state index contributed by atoms with van der Waals surface area (Å²) in [5, 5.41) is 25.2. The van der Waals surface area contributed by atoms with Gasteiger partial charge in [0, 0.05) is 44.1 Å². The third-order valence-corrected chi connectivity index (χ3v) is 6.84. The molecule has 0 radical (unpaired) electrons. The van der Waals surface area contributed by atoms with E-state index in [1.165, 1.54) is 45.3 Å². The third kappa shape index (κ3) is 9.84. The average Bonchev–Trinajstić information content (AvgIpc) is 3.50. The molecule has 0 aliphatic heterocycles. The van der Waals surface area contributed by atoms with Crippen LogP contribution in [0, 0.1) is 5.92 Å². The molecule has 1 unspecified atom stereocenters. The van der Waals surface area contributed by atoms with Gasteiger partial charge in [-0.2, -0.15) is 10.2 Å². The Bertz CT molecular complexity index is 1360. The van der Waals surface area contributed by atoms with Crippen molar-refractivity contribution in [3.8, 4) is 0 Å². The number of rotatable bonds is 15. The number of pyridine rings is 2. The Hall–Kier alpha value is -4.02. The summed E-state index contributed by atoms with van der Waals surface area (Å²) in [6.07, 6.45) is 12.0. The number of hydrogen-bond acceptors (Lipinski definition) is 6. The number of aromatic nitrogens is 4. The number of carbonyl (C=O) groups is 2. The summed E-state index contributed by atoms with van der Waals surface area (Å²) in [5.41, 5.74) is 4.20. The van der Waals surface area contributed by atoms with Crippen molar-refractivity contribution in [2.45, 2.75) is 51.6 Å². The van der Waals surface area contributed by atoms with Crippen LogP contribution in [0.15, 0.2) is 73.1 Å². The van der Waals surface area contributed by atoms with Crippen molar-refractivity contribution in [3.63, 3.8) is 0 Å². The van der Waals surface area contributed by atoms with Crippen LogP contribution in [0.1, 0.15) is 56.5 Å². The van der Waals surface area contributed by atoms with Crippen LogP contribution < -0.4 is 0 Å². The molecule has 0 aromatic carbocycles. The molecule has 10 nitrogen and oxygen atoms in total. The summed E-state index contributed by atoms with van der Waals surface area (Å²) in [6, 6.07) is 16.5. The summed E-state index contributed by atoms with van der Waals surface area (Å²) < 4.78 is 10.3. The van der Waals surface area contributed by atoms with Gasteiger partial charge in [-0.1, -0.05) is 19.1 Å². The first-order valence-corrected chi connectivity index (χ1v) is 14.3. The number of carboxylic acids is 2. The van der Waals surface area contributed by atoms with E-state index >= 15 is 0 Å². The van der Waals surface area contributed by atoms with Crippen LogP contribution in [-0.2, 0) is 20.7 Å². The summed E-state index contributed by atoms with van der Waals surface area (Å²) in [4.78, 5) is 21.8. The van der Waals surface area contributed by atoms with Gasteiger partial charge in [0.25, 0.3) is 0 Å². The summed E-state index contributed by atoms with van der Waals surface area (Å²) in [6.45, 7) is 6.71. The maximum Gasteiger partial charge on any atom is 0.328 e. The zero-order valence-corrected chi connectivity index (χ0v) is 23.5. The van der Waals surface area contributed by atoms with E-state index in [-0.39, 0.29) is 6.10 Å². The maximum absolute atomic E-state index is 9.55. The molecule has 2 N–H and O–H groups in total. The van der Waals surface area contributed by atoms with Crippen LogP contribution in [0.25, 0.3) is 11.0 Å². The lowest BCUT2D eigenvalue weighted by molar-refractivity contribution is -0.134. The topological polar surface area (TPSA) is 122 Å². The Morgan fingerprint density at radius 3 is 2.22 bits per heavy atom. The fourth-order valence-corrected chi connectivity index (χ4v) is 4.73. The molecule has 0 amide bonds. The number of nitrogens with zero attached hydrogens (tertiary/aromatic N) is 5. The van der Waals surface area contributed by atoms with Gasteiger partial charge in [-0.25, -0.2) is 18.6 Å². The molecule has 5 rings (SSSR count). The Morgan fingerprint density at radius 2 is 1.63 bits per heavy atom. The molecule has 218 valence electrons. The van der Waals surface area contributed by atoms with Gasteiger partial charge in [0.1, 0.15) is 6.10 Å². The molecule has 1 aliphatic carbocycles. The number of ether oxygens (including phenoxy) is 1. The Labute approximate surface area is 239 Å². The van der Waals surface area contributed by atoms with Gasteiger partial charge >= 0.3 is 11.9 Å². The third-order valence-electron chi connectivity index (χ3n) is 6.84. The highest BCUT2D eigenvalue weighted by molar-refractivity contribution is 5.89. The maximum atomic E-state index is 9.55. The van der Waals surface area contributed by atoms with E-state index < -0.39 is 11.9 Å². The molecular weight excluding hydrogens is 522 g/mol. The van der Waals surface area contributed by atoms with Gasteiger partial charge in [-0.05, 0) is 87.5 Å². The molecular formula is C31H39N5O5. The second-order valence-corrected chi connectivity index (χ2v) is 10.4. The molecule has 41 heavy (non-hydrogen) atoms. The second-order valence-electron chi connectivity index (χ2n) is 10.4. The number of carboxylic acid groups (broad SMARTS) is 2. The first kappa shape index (κ1) is 30.0. The Kier molecular flexibility index (Phi) is 11.0. The summed E-state index contributed by atoms with van der Waals surface area (Å²) >= 11 is 0. The molecule has 0 bridgehead atoms. The van der Waals surface area contributed by atoms with Crippen molar-refractivity contribution in [3.05, 3.63) is 84.5 Å². The monoisotopic (exact) mass is 561 g/mol. The van der Waals surface area contributed by atoms with Crippen molar-refractivity contribution in [1.82, 2.24) is 24.1 Å². The van der Waals surface area contributed by atoms with Gasteiger partial charge in [-0.15, -0.1) is 0 Å². The minimum absolute atomic E-state index is 0.104. The van der Waals surface area contributed by atoms with Crippen LogP contribution in [0.5, 0.6) is 0 Å². The van der Waals surface area contributed by atoms with E-state index in [0.29, 0.717) is 12.2 Å². The molecule has 1 aliphatic rings. The first-order valence-electron chi connectivity index (χ1n) is 14.3. The second kappa shape index (κ2) is 15.1. The number of fused-ring (bicyclic) bond motifs is 2. The average molecular weight is 562 g/mol. The molecule has 0 saturated heterocycles. The molecule has 10 heteroatoms. The quantitative estimate of drug-likeness (QED) is 0.155. The standard InChI is InChI=1S/C27H35N5O.C4H4O4/c1-2-13-30(21-22-11-12-22)14-7-8-17-33-27(26-20-25-10-4-6-16-32(25)29-26)19-23-18-24-9-3-5-15-31(24)28-23;5-3(6)1-2-4(7)8/h3-6,9-10,15-16,18,20,22,27H,2,7-8,11-14,17,19,21H2,1H3;1-2H,(H,5,6)(H,7,8)/b;2-1-. The van der Waals surface area contributed by atoms with Gasteiger partial charge in [0.2, 0.25) is 0 Å². The molecule has 4 heterocycles. The van der Waals surface area contributed by atoms with E-state index in [0.717, 1.165) is 47.8 Å². The van der Waals surface area contributed by atoms with E-state index in [4.69, 9.17) is 25.1 Å². The van der Waals surface area contributed by atoms with Crippen molar-refractivity contribution in [2.75, 3.05) is 26.2 Å². The zero-order chi connectivity index (χ0) is 29.0. The van der Waals surface area contributed by atoms with E-state index in [9.17, 15) is 9.59 Å². The lowest BCUT2D eigenvalue weighted by Gasteiger charge is -2.21. The fraction of sp³-hybridized carbons (Fsp3) is 0.419. The minimum Gasteiger partial charge on any atom is -0.478 e. The smallest absolute Gasteiger partial charge is 0.328 e. The van der Waals surface area contributed by atoms with Crippen LogP contribution in [0.3, 0.4) is 0 Å². The predicted octanol–water partition coefficient (Wildman–Crippen LogP) is 4.90. The number of unbranched alkanes of at least 4 members (excludes halogenated alkanes) is 1. The van der Waals surface area contributed by atoms with Gasteiger partial charge in [-0.3, -0.25) is 0 Å². The highest BCUT2D eigenvalue weighted by atomic mass is 16.5. The largest absolute Gasteiger partial charge is 0.478 e. The van der Waals surface area contributed by atoms with Crippen molar-refractivity contribution in [2.24, 2.45) is 5.92 Å². The summed E-state index contributed by atoms with van der Waals surface area (Å²) in [5.74, 6) is -1.56. The summed E-state index contributed by atoms with van der Waals surface area (Å²) in [7, 11) is 0. The normalized spacial score (nSPS) is 14.0. The van der Waals surface area contributed by atoms with Gasteiger partial charge < -0.3 is 19.8 Å². The van der Waals surface area contributed by atoms with Gasteiger partial charge in [0.05, 0.1) is 22.4 Å². The molecule has 1 saturated carbocycles. The highest BCUT2D eigenvalue weighted by Crippen LogP contribution is 2.30. The Morgan fingerprint density at radius 1 is 0.976 bits per heavy atom. The molecule has 0 spiro atoms. The SMILES string of the molecule is CCCN(CCCCOC(Cc1cc2ccccn2n1)c1cc2ccccn2n1)CC1CC1.O=C(O)/C=C\C(=O)O. The van der Waals surface area contributed by atoms with Crippen LogP contribution >= 0.6 is 0 Å². The van der Waals surface area contributed by atoms with E-state index in [1.807, 2.05) is 45.7 Å². The van der Waals surface area contributed by atoms with E-state index in [1.54, 1.807) is 0 Å². The highest BCUT2D eigenvalue weighted by Gasteiger charge is 2.24. The van der Waals surface area contributed by atoms with Crippen LogP contribution in [-0.4, -0.2) is 72.5 Å². The van der Waals surface area contributed by atoms with Crippen molar-refractivity contribution in [1.29, 1.82) is 0 Å². The molecule has 1 atom stereocenters. The molecule has 4 aromatic rings.